The van der Waals surface area contributed by atoms with Crippen molar-refractivity contribution < 1.29 is 103 Å². The number of rotatable bonds is 14. The number of hydrogen-bond donors (Lipinski definition) is 1. The SMILES string of the molecule is C.C.C.C.C.C.C.C.CCC(CC(C)C(=O)O)C(=O)OC1CC(C)CCC1C(C)C.CCC(CC(C)C(=O)[O-])C(=O)OC1CC(C)CCC1C(C)C.[Na+].[Na+].[OH-]. The van der Waals surface area contributed by atoms with Crippen molar-refractivity contribution >= 4 is 23.9 Å². The summed E-state index contributed by atoms with van der Waals surface area (Å²) in [6.07, 6.45) is 8.30. The standard InChI is InChI=1S/2C18H32O4.8CH4.2Na.H2O/c2*1-6-14(10-13(5)17(19)20)18(21)22-16-9-12(4)7-8-15(16)11(2)3;;;;;;;;;;;/h2*11-16H,6-10H2,1-5H3,(H,19,20);8*1H4;;;1H2/q;;;;;;;;;;2*+1;/p-2. The molecule has 2 aliphatic carbocycles. The van der Waals surface area contributed by atoms with Crippen molar-refractivity contribution in [2.45, 2.75) is 205 Å². The van der Waals surface area contributed by atoms with E-state index in [1.165, 1.54) is 12.8 Å². The molecule has 0 aliphatic heterocycles. The zero-order valence-corrected chi connectivity index (χ0v) is 35.8. The summed E-state index contributed by atoms with van der Waals surface area (Å²) in [5, 5.41) is 19.9. The van der Waals surface area contributed by atoms with Crippen molar-refractivity contribution in [3.63, 3.8) is 0 Å². The van der Waals surface area contributed by atoms with Crippen LogP contribution in [0.4, 0.5) is 0 Å². The molecule has 0 heterocycles. The molecule has 2 saturated carbocycles. The largest absolute Gasteiger partial charge is 1.00 e. The van der Waals surface area contributed by atoms with Crippen LogP contribution in [0.25, 0.3) is 0 Å². The van der Waals surface area contributed by atoms with Crippen LogP contribution in [-0.2, 0) is 28.7 Å². The smallest absolute Gasteiger partial charge is 0.870 e. The van der Waals surface area contributed by atoms with Gasteiger partial charge in [-0.2, -0.15) is 0 Å². The Kier molecular flexibility index (Phi) is 63.1. The van der Waals surface area contributed by atoms with Crippen LogP contribution in [0.5, 0.6) is 0 Å². The van der Waals surface area contributed by atoms with E-state index in [-0.39, 0.29) is 160 Å². The van der Waals surface area contributed by atoms with Gasteiger partial charge in [0, 0.05) is 5.97 Å². The van der Waals surface area contributed by atoms with E-state index < -0.39 is 23.8 Å². The second kappa shape index (κ2) is 42.0. The molecular formula is C44H96Na2O9. The summed E-state index contributed by atoms with van der Waals surface area (Å²) >= 11 is 0. The average molecular weight is 815 g/mol. The number of hydrogen-bond acceptors (Lipinski definition) is 8. The first-order valence-corrected chi connectivity index (χ1v) is 17.4. The maximum atomic E-state index is 12.5. The monoisotopic (exact) mass is 815 g/mol. The van der Waals surface area contributed by atoms with Gasteiger partial charge >= 0.3 is 77.0 Å². The molecule has 9 nitrogen and oxygen atoms in total. The van der Waals surface area contributed by atoms with Crippen LogP contribution in [0.15, 0.2) is 0 Å². The quantitative estimate of drug-likeness (QED) is 0.168. The average Bonchev–Trinajstić information content (AvgIpc) is 2.94. The van der Waals surface area contributed by atoms with Crippen LogP contribution >= 0.6 is 0 Å². The summed E-state index contributed by atoms with van der Waals surface area (Å²) < 4.78 is 11.7. The number of aliphatic carboxylic acids is 2. The van der Waals surface area contributed by atoms with Gasteiger partial charge in [-0.25, -0.2) is 0 Å². The van der Waals surface area contributed by atoms with Crippen LogP contribution in [0.1, 0.15) is 193 Å². The van der Waals surface area contributed by atoms with E-state index in [0.29, 0.717) is 61.2 Å². The van der Waals surface area contributed by atoms with Crippen LogP contribution < -0.4 is 64.2 Å². The van der Waals surface area contributed by atoms with Crippen molar-refractivity contribution in [2.75, 3.05) is 0 Å². The molecule has 55 heavy (non-hydrogen) atoms. The second-order valence-corrected chi connectivity index (χ2v) is 14.7. The fourth-order valence-corrected chi connectivity index (χ4v) is 6.90. The van der Waals surface area contributed by atoms with Crippen LogP contribution in [0.2, 0.25) is 0 Å². The van der Waals surface area contributed by atoms with Crippen molar-refractivity contribution in [3.8, 4) is 0 Å². The number of carbonyl (C=O) groups excluding carboxylic acids is 3. The van der Waals surface area contributed by atoms with Gasteiger partial charge in [-0.15, -0.1) is 0 Å². The van der Waals surface area contributed by atoms with Crippen LogP contribution in [0.3, 0.4) is 0 Å². The summed E-state index contributed by atoms with van der Waals surface area (Å²) in [4.78, 5) is 46.8. The third kappa shape index (κ3) is 29.7. The minimum atomic E-state index is -1.10. The summed E-state index contributed by atoms with van der Waals surface area (Å²) in [5.41, 5.74) is 0. The summed E-state index contributed by atoms with van der Waals surface area (Å²) in [5.74, 6) is -1.18. The Morgan fingerprint density at radius 3 is 1.13 bits per heavy atom. The first-order valence-electron chi connectivity index (χ1n) is 17.4. The van der Waals surface area contributed by atoms with Crippen LogP contribution in [0, 0.1) is 59.2 Å². The molecule has 0 bridgehead atoms. The Balaban J connectivity index is -0.0000000652. The molecule has 328 valence electrons. The van der Waals surface area contributed by atoms with Crippen molar-refractivity contribution in [1.29, 1.82) is 0 Å². The maximum Gasteiger partial charge on any atom is 1.00 e. The Labute approximate surface area is 388 Å². The van der Waals surface area contributed by atoms with E-state index in [4.69, 9.17) is 14.6 Å². The molecule has 11 heteroatoms. The summed E-state index contributed by atoms with van der Waals surface area (Å²) in [6.45, 7) is 20.2. The molecule has 0 amide bonds. The Hall–Kier alpha value is -0.160. The normalized spacial score (nSPS) is 22.5. The van der Waals surface area contributed by atoms with Gasteiger partial charge in [0.05, 0.1) is 17.8 Å². The number of carboxylic acid groups (broad SMARTS) is 2. The van der Waals surface area contributed by atoms with Gasteiger partial charge in [0.25, 0.3) is 0 Å². The molecule has 2 N–H and O–H groups in total. The van der Waals surface area contributed by atoms with Gasteiger partial charge < -0.3 is 30.0 Å². The number of carbonyl (C=O) groups is 4. The van der Waals surface area contributed by atoms with Crippen molar-refractivity contribution in [1.82, 2.24) is 0 Å². The number of ether oxygens (including phenoxy) is 2. The molecular weight excluding hydrogens is 718 g/mol. The predicted octanol–water partition coefficient (Wildman–Crippen LogP) is 5.84. The second-order valence-electron chi connectivity index (χ2n) is 14.7. The Morgan fingerprint density at radius 2 is 0.891 bits per heavy atom. The van der Waals surface area contributed by atoms with Crippen molar-refractivity contribution in [3.05, 3.63) is 0 Å². The molecule has 2 fully saturated rings. The minimum absolute atomic E-state index is 0. The van der Waals surface area contributed by atoms with E-state index in [2.05, 4.69) is 41.5 Å². The van der Waals surface area contributed by atoms with Crippen molar-refractivity contribution in [2.24, 2.45) is 59.2 Å². The zero-order chi connectivity index (χ0) is 33.7. The van der Waals surface area contributed by atoms with E-state index in [1.807, 2.05) is 13.8 Å². The van der Waals surface area contributed by atoms with E-state index in [0.717, 1.165) is 25.7 Å². The molecule has 0 aromatic rings. The molecule has 0 radical (unpaired) electrons. The summed E-state index contributed by atoms with van der Waals surface area (Å²) in [6, 6.07) is 0. The van der Waals surface area contributed by atoms with E-state index in [1.54, 1.807) is 13.8 Å². The van der Waals surface area contributed by atoms with Gasteiger partial charge in [0.1, 0.15) is 12.2 Å². The van der Waals surface area contributed by atoms with E-state index >= 15 is 0 Å². The fourth-order valence-electron chi connectivity index (χ4n) is 6.90. The van der Waals surface area contributed by atoms with Crippen LogP contribution in [-0.4, -0.2) is 46.7 Å². The molecule has 10 unspecified atom stereocenters. The summed E-state index contributed by atoms with van der Waals surface area (Å²) in [7, 11) is 0. The zero-order valence-electron chi connectivity index (χ0n) is 31.8. The third-order valence-electron chi connectivity index (χ3n) is 10.2. The predicted molar refractivity (Wildman–Crippen MR) is 226 cm³/mol. The van der Waals surface area contributed by atoms with Gasteiger partial charge in [-0.05, 0) is 92.8 Å². The first kappa shape index (κ1) is 82.7. The Morgan fingerprint density at radius 1 is 0.600 bits per heavy atom. The molecule has 2 aliphatic rings. The number of carboxylic acids is 2. The molecule has 2 rings (SSSR count). The molecule has 0 aromatic heterocycles. The number of esters is 2. The van der Waals surface area contributed by atoms with Gasteiger partial charge in [0.15, 0.2) is 0 Å². The Bertz CT molecular complexity index is 844. The molecule has 0 aromatic carbocycles. The fraction of sp³-hybridized carbons (Fsp3) is 0.909. The molecule has 0 saturated heterocycles. The minimum Gasteiger partial charge on any atom is -0.870 e. The van der Waals surface area contributed by atoms with Gasteiger partial charge in [-0.1, -0.05) is 141 Å². The first-order chi connectivity index (χ1) is 20.5. The van der Waals surface area contributed by atoms with Gasteiger partial charge in [0.2, 0.25) is 0 Å². The van der Waals surface area contributed by atoms with Gasteiger partial charge in [-0.3, -0.25) is 14.4 Å². The maximum absolute atomic E-state index is 12.5. The topological polar surface area (TPSA) is 160 Å². The third-order valence-corrected chi connectivity index (χ3v) is 10.2. The molecule has 0 spiro atoms. The molecule has 10 atom stereocenters. The van der Waals surface area contributed by atoms with E-state index in [9.17, 15) is 24.3 Å².